The van der Waals surface area contributed by atoms with Crippen molar-refractivity contribution in [2.75, 3.05) is 18.0 Å². The van der Waals surface area contributed by atoms with Gasteiger partial charge in [0.2, 0.25) is 11.8 Å². The van der Waals surface area contributed by atoms with Crippen LogP contribution >= 0.6 is 0 Å². The Labute approximate surface area is 195 Å². The number of hydrogen-bond donors (Lipinski definition) is 1. The van der Waals surface area contributed by atoms with Crippen molar-refractivity contribution in [3.63, 3.8) is 0 Å². The smallest absolute Gasteiger partial charge is 0.262 e. The van der Waals surface area contributed by atoms with Crippen LogP contribution < -0.4 is 10.2 Å². The molecule has 178 valence electrons. The molecule has 3 heterocycles. The van der Waals surface area contributed by atoms with E-state index in [0.29, 0.717) is 11.1 Å². The third kappa shape index (κ3) is 5.45. The highest BCUT2D eigenvalue weighted by molar-refractivity contribution is 6.23. The van der Waals surface area contributed by atoms with Crippen molar-refractivity contribution in [1.29, 1.82) is 0 Å². The van der Waals surface area contributed by atoms with Gasteiger partial charge in [-0.2, -0.15) is 0 Å². The minimum atomic E-state index is -0.923. The molecule has 7 nitrogen and oxygen atoms in total. The van der Waals surface area contributed by atoms with Gasteiger partial charge in [-0.1, -0.05) is 57.8 Å². The average Bonchev–Trinajstić information content (AvgIpc) is 3.05. The van der Waals surface area contributed by atoms with Gasteiger partial charge < -0.3 is 4.90 Å². The molecule has 4 amide bonds. The molecule has 0 bridgehead atoms. The summed E-state index contributed by atoms with van der Waals surface area (Å²) in [5.74, 6) is -1.82. The van der Waals surface area contributed by atoms with E-state index in [0.717, 1.165) is 36.5 Å². The molecule has 1 aromatic carbocycles. The van der Waals surface area contributed by atoms with Crippen molar-refractivity contribution >= 4 is 29.3 Å². The van der Waals surface area contributed by atoms with Crippen LogP contribution in [0.4, 0.5) is 5.69 Å². The first-order valence-corrected chi connectivity index (χ1v) is 12.7. The van der Waals surface area contributed by atoms with Gasteiger partial charge >= 0.3 is 0 Å². The van der Waals surface area contributed by atoms with Gasteiger partial charge in [0.1, 0.15) is 6.04 Å². The lowest BCUT2D eigenvalue weighted by molar-refractivity contribution is -0.136. The molecule has 2 saturated heterocycles. The zero-order valence-corrected chi connectivity index (χ0v) is 19.4. The zero-order valence-electron chi connectivity index (χ0n) is 19.4. The predicted octanol–water partition coefficient (Wildman–Crippen LogP) is 4.20. The van der Waals surface area contributed by atoms with E-state index >= 15 is 0 Å². The SMILES string of the molecule is O=C1CCC(N2C(=O)c3ccc(N4CCCCCCCCCCCCC4)cc3C2=O)C(=O)N1. The van der Waals surface area contributed by atoms with E-state index in [1.807, 2.05) is 12.1 Å². The first kappa shape index (κ1) is 23.5. The largest absolute Gasteiger partial charge is 0.372 e. The van der Waals surface area contributed by atoms with Gasteiger partial charge in [-0.15, -0.1) is 0 Å². The van der Waals surface area contributed by atoms with E-state index < -0.39 is 23.8 Å². The molecule has 1 unspecified atom stereocenters. The number of nitrogens with one attached hydrogen (secondary N) is 1. The number of nitrogens with zero attached hydrogens (tertiary/aromatic N) is 2. The fraction of sp³-hybridized carbons (Fsp3) is 0.615. The third-order valence-corrected chi connectivity index (χ3v) is 7.14. The topological polar surface area (TPSA) is 86.8 Å². The molecule has 1 N–H and O–H groups in total. The van der Waals surface area contributed by atoms with Crippen molar-refractivity contribution in [1.82, 2.24) is 10.2 Å². The fourth-order valence-electron chi connectivity index (χ4n) is 5.22. The van der Waals surface area contributed by atoms with E-state index in [1.54, 1.807) is 6.07 Å². The molecule has 0 radical (unpaired) electrons. The van der Waals surface area contributed by atoms with Gasteiger partial charge in [-0.3, -0.25) is 29.4 Å². The molecule has 1 aromatic rings. The van der Waals surface area contributed by atoms with Crippen LogP contribution in [0.15, 0.2) is 18.2 Å². The summed E-state index contributed by atoms with van der Waals surface area (Å²) >= 11 is 0. The van der Waals surface area contributed by atoms with E-state index in [-0.39, 0.29) is 18.7 Å². The number of imide groups is 2. The Morgan fingerprint density at radius 1 is 0.697 bits per heavy atom. The number of fused-ring (bicyclic) bond motifs is 1. The van der Waals surface area contributed by atoms with Crippen molar-refractivity contribution in [3.05, 3.63) is 29.3 Å². The lowest BCUT2D eigenvalue weighted by Gasteiger charge is -2.27. The molecule has 0 aromatic heterocycles. The monoisotopic (exact) mass is 453 g/mol. The molecular formula is C26H35N3O4. The van der Waals surface area contributed by atoms with Crippen LogP contribution in [0.5, 0.6) is 0 Å². The molecule has 33 heavy (non-hydrogen) atoms. The number of benzene rings is 1. The van der Waals surface area contributed by atoms with Crippen LogP contribution in [0.25, 0.3) is 0 Å². The van der Waals surface area contributed by atoms with E-state index in [1.165, 1.54) is 57.8 Å². The Morgan fingerprint density at radius 2 is 1.24 bits per heavy atom. The van der Waals surface area contributed by atoms with Gasteiger partial charge in [-0.05, 0) is 37.5 Å². The molecule has 0 aliphatic carbocycles. The van der Waals surface area contributed by atoms with Crippen LogP contribution in [0.1, 0.15) is 104 Å². The normalized spacial score (nSPS) is 23.8. The Bertz CT molecular complexity index is 899. The highest BCUT2D eigenvalue weighted by atomic mass is 16.2. The molecule has 0 saturated carbocycles. The van der Waals surface area contributed by atoms with E-state index in [2.05, 4.69) is 10.2 Å². The summed E-state index contributed by atoms with van der Waals surface area (Å²) in [6.45, 7) is 1.88. The lowest BCUT2D eigenvalue weighted by atomic mass is 10.0. The zero-order chi connectivity index (χ0) is 23.2. The first-order valence-electron chi connectivity index (χ1n) is 12.7. The van der Waals surface area contributed by atoms with E-state index in [9.17, 15) is 19.2 Å². The molecule has 1 atom stereocenters. The maximum absolute atomic E-state index is 13.2. The molecular weight excluding hydrogens is 418 g/mol. The molecule has 2 fully saturated rings. The van der Waals surface area contributed by atoms with Crippen LogP contribution in [-0.4, -0.2) is 47.7 Å². The average molecular weight is 454 g/mol. The molecule has 3 aliphatic heterocycles. The highest BCUT2D eigenvalue weighted by Gasteiger charge is 2.44. The molecule has 0 spiro atoms. The Kier molecular flexibility index (Phi) is 7.78. The standard InChI is InChI=1S/C26H35N3O4/c30-23-15-14-22(24(31)27-23)29-25(32)20-13-12-19(18-21(20)26(29)33)28-16-10-8-6-4-2-1-3-5-7-9-11-17-28/h12-13,18,22H,1-11,14-17H2,(H,27,30,31). The summed E-state index contributed by atoms with van der Waals surface area (Å²) in [4.78, 5) is 53.3. The second-order valence-corrected chi connectivity index (χ2v) is 9.55. The summed E-state index contributed by atoms with van der Waals surface area (Å²) < 4.78 is 0. The summed E-state index contributed by atoms with van der Waals surface area (Å²) in [7, 11) is 0. The van der Waals surface area contributed by atoms with Gasteiger partial charge in [0.25, 0.3) is 11.8 Å². The number of carbonyl (C=O) groups is 4. The van der Waals surface area contributed by atoms with Gasteiger partial charge in [0.15, 0.2) is 0 Å². The third-order valence-electron chi connectivity index (χ3n) is 7.14. The summed E-state index contributed by atoms with van der Waals surface area (Å²) in [6, 6.07) is 4.56. The van der Waals surface area contributed by atoms with Crippen LogP contribution in [-0.2, 0) is 9.59 Å². The maximum Gasteiger partial charge on any atom is 0.262 e. The summed E-state index contributed by atoms with van der Waals surface area (Å²) in [5, 5.41) is 2.25. The van der Waals surface area contributed by atoms with Gasteiger partial charge in [0.05, 0.1) is 11.1 Å². The number of rotatable bonds is 2. The summed E-state index contributed by atoms with van der Waals surface area (Å²) in [5.41, 5.74) is 1.67. The van der Waals surface area contributed by atoms with Crippen molar-refractivity contribution in [2.45, 2.75) is 89.5 Å². The number of carbonyl (C=O) groups excluding carboxylic acids is 4. The van der Waals surface area contributed by atoms with Gasteiger partial charge in [-0.25, -0.2) is 0 Å². The first-order chi connectivity index (χ1) is 16.1. The second-order valence-electron chi connectivity index (χ2n) is 9.55. The fourth-order valence-corrected chi connectivity index (χ4v) is 5.22. The lowest BCUT2D eigenvalue weighted by Crippen LogP contribution is -2.54. The van der Waals surface area contributed by atoms with Gasteiger partial charge in [0, 0.05) is 25.2 Å². The molecule has 7 heteroatoms. The molecule has 3 aliphatic rings. The molecule has 4 rings (SSSR count). The Balaban J connectivity index is 1.49. The van der Waals surface area contributed by atoms with Crippen molar-refractivity contribution in [2.24, 2.45) is 0 Å². The Hall–Kier alpha value is -2.70. The predicted molar refractivity (Wildman–Crippen MR) is 126 cm³/mol. The number of piperidine rings is 1. The number of anilines is 1. The Morgan fingerprint density at radius 3 is 1.82 bits per heavy atom. The summed E-state index contributed by atoms with van der Waals surface area (Å²) in [6.07, 6.45) is 14.2. The van der Waals surface area contributed by atoms with E-state index in [4.69, 9.17) is 0 Å². The van der Waals surface area contributed by atoms with Crippen molar-refractivity contribution < 1.29 is 19.2 Å². The van der Waals surface area contributed by atoms with Crippen molar-refractivity contribution in [3.8, 4) is 0 Å². The number of hydrogen-bond acceptors (Lipinski definition) is 5. The highest BCUT2D eigenvalue weighted by Crippen LogP contribution is 2.31. The second kappa shape index (κ2) is 10.9. The quantitative estimate of drug-likeness (QED) is 0.678. The van der Waals surface area contributed by atoms with Crippen LogP contribution in [0.2, 0.25) is 0 Å². The van der Waals surface area contributed by atoms with Crippen LogP contribution in [0, 0.1) is 0 Å². The maximum atomic E-state index is 13.2. The minimum absolute atomic E-state index is 0.128. The number of amides is 4. The minimum Gasteiger partial charge on any atom is -0.372 e. The van der Waals surface area contributed by atoms with Crippen LogP contribution in [0.3, 0.4) is 0 Å².